The Morgan fingerprint density at radius 1 is 0.944 bits per heavy atom. The lowest BCUT2D eigenvalue weighted by molar-refractivity contribution is -0.253. The largest absolute Gasteiger partial charge is 0.399 e. The van der Waals surface area contributed by atoms with Gasteiger partial charge in [0.25, 0.3) is 0 Å². The topological polar surface area (TPSA) is 88.2 Å². The van der Waals surface area contributed by atoms with E-state index in [2.05, 4.69) is 4.90 Å². The average Bonchev–Trinajstić information content (AvgIpc) is 2.90. The molecule has 6 nitrogen and oxygen atoms in total. The summed E-state index contributed by atoms with van der Waals surface area (Å²) in [6.45, 7) is 2.32. The van der Waals surface area contributed by atoms with Crippen LogP contribution in [0.25, 0.3) is 0 Å². The molecule has 36 heavy (non-hydrogen) atoms. The van der Waals surface area contributed by atoms with Crippen LogP contribution in [-0.2, 0) is 21.7 Å². The zero-order valence-corrected chi connectivity index (χ0v) is 21.0. The number of anilines is 1. The highest BCUT2D eigenvalue weighted by Gasteiger charge is 2.37. The number of halogens is 1. The summed E-state index contributed by atoms with van der Waals surface area (Å²) in [5.41, 5.74) is 9.62. The van der Waals surface area contributed by atoms with E-state index in [9.17, 15) is 10.2 Å². The molecular weight excluding hydrogens is 476 g/mol. The minimum absolute atomic E-state index is 0.0147. The summed E-state index contributed by atoms with van der Waals surface area (Å²) in [4.78, 5) is 2.36. The van der Waals surface area contributed by atoms with Crippen LogP contribution in [0.15, 0.2) is 72.8 Å². The fourth-order valence-electron chi connectivity index (χ4n) is 5.18. The number of nitrogen functional groups attached to an aromatic ring is 1. The molecule has 0 bridgehead atoms. The lowest BCUT2D eigenvalue weighted by Crippen LogP contribution is -2.46. The van der Waals surface area contributed by atoms with Crippen LogP contribution in [-0.4, -0.2) is 40.9 Å². The van der Waals surface area contributed by atoms with Crippen LogP contribution in [0.5, 0.6) is 0 Å². The first kappa shape index (κ1) is 25.2. The maximum absolute atomic E-state index is 11.3. The third-order valence-electron chi connectivity index (χ3n) is 7.32. The maximum Gasteiger partial charge on any atom is 0.185 e. The molecule has 2 heterocycles. The Morgan fingerprint density at radius 3 is 2.33 bits per heavy atom. The molecule has 0 aliphatic carbocycles. The van der Waals surface area contributed by atoms with E-state index in [0.717, 1.165) is 48.3 Å². The van der Waals surface area contributed by atoms with Gasteiger partial charge in [0.15, 0.2) is 6.29 Å². The number of hydrogen-bond donors (Lipinski definition) is 3. The zero-order chi connectivity index (χ0) is 25.1. The van der Waals surface area contributed by atoms with Crippen molar-refractivity contribution in [2.75, 3.05) is 25.4 Å². The number of rotatable bonds is 6. The van der Waals surface area contributed by atoms with E-state index in [1.54, 1.807) is 0 Å². The lowest BCUT2D eigenvalue weighted by Gasteiger charge is -2.42. The number of ether oxygens (including phenoxy) is 2. The van der Waals surface area contributed by atoms with Crippen molar-refractivity contribution in [3.05, 3.63) is 100 Å². The molecule has 0 amide bonds. The standard InChI is InChI=1S/C29H33ClN2O4/c30-24-10-8-23(9-11-24)29(34)12-14-32(15-13-29)18-26-17-27(21-6-4-20(19-33)5-7-21)36-28(35-26)22-2-1-3-25(31)16-22/h1-11,16,26-28,33-34H,12-15,17-19,31H2. The molecule has 3 atom stereocenters. The smallest absolute Gasteiger partial charge is 0.185 e. The van der Waals surface area contributed by atoms with Gasteiger partial charge in [-0.2, -0.15) is 0 Å². The Balaban J connectivity index is 1.29. The highest BCUT2D eigenvalue weighted by atomic mass is 35.5. The number of benzene rings is 3. The van der Waals surface area contributed by atoms with Crippen LogP contribution in [0.4, 0.5) is 5.69 Å². The quantitative estimate of drug-likeness (QED) is 0.409. The van der Waals surface area contributed by atoms with Gasteiger partial charge in [0.2, 0.25) is 0 Å². The van der Waals surface area contributed by atoms with Gasteiger partial charge in [-0.15, -0.1) is 0 Å². The molecule has 5 rings (SSSR count). The van der Waals surface area contributed by atoms with E-state index in [4.69, 9.17) is 26.8 Å². The molecule has 0 radical (unpaired) electrons. The number of aliphatic hydroxyl groups is 2. The van der Waals surface area contributed by atoms with Crippen molar-refractivity contribution in [2.24, 2.45) is 0 Å². The predicted molar refractivity (Wildman–Crippen MR) is 140 cm³/mol. The normalized spacial score (nSPS) is 24.5. The van der Waals surface area contributed by atoms with E-state index >= 15 is 0 Å². The van der Waals surface area contributed by atoms with E-state index in [0.29, 0.717) is 23.6 Å². The number of nitrogens with zero attached hydrogens (tertiary/aromatic N) is 1. The van der Waals surface area contributed by atoms with Crippen molar-refractivity contribution in [3.8, 4) is 0 Å². The van der Waals surface area contributed by atoms with E-state index in [1.807, 2.05) is 72.8 Å². The molecule has 0 spiro atoms. The molecule has 3 aromatic carbocycles. The summed E-state index contributed by atoms with van der Waals surface area (Å²) in [6.07, 6.45) is 1.32. The van der Waals surface area contributed by atoms with Crippen molar-refractivity contribution >= 4 is 17.3 Å². The summed E-state index contributed by atoms with van der Waals surface area (Å²) in [5.74, 6) is 0. The van der Waals surface area contributed by atoms with Crippen molar-refractivity contribution in [1.82, 2.24) is 4.90 Å². The second-order valence-corrected chi connectivity index (χ2v) is 10.3. The van der Waals surface area contributed by atoms with Crippen LogP contribution in [0.1, 0.15) is 53.9 Å². The second kappa shape index (κ2) is 10.9. The van der Waals surface area contributed by atoms with Gasteiger partial charge in [-0.05, 0) is 53.8 Å². The second-order valence-electron chi connectivity index (χ2n) is 9.86. The highest BCUT2D eigenvalue weighted by molar-refractivity contribution is 6.30. The van der Waals surface area contributed by atoms with Crippen molar-refractivity contribution < 1.29 is 19.7 Å². The Morgan fingerprint density at radius 2 is 1.67 bits per heavy atom. The molecular formula is C29H33ClN2O4. The molecule has 2 fully saturated rings. The van der Waals surface area contributed by atoms with Crippen LogP contribution in [0.3, 0.4) is 0 Å². The van der Waals surface area contributed by atoms with Gasteiger partial charge in [0.05, 0.1) is 24.4 Å². The molecule has 2 saturated heterocycles. The van der Waals surface area contributed by atoms with E-state index in [1.165, 1.54) is 0 Å². The third-order valence-corrected chi connectivity index (χ3v) is 7.58. The first-order chi connectivity index (χ1) is 17.4. The number of aliphatic hydroxyl groups excluding tert-OH is 1. The zero-order valence-electron chi connectivity index (χ0n) is 20.2. The third kappa shape index (κ3) is 5.75. The Kier molecular flexibility index (Phi) is 7.62. The minimum atomic E-state index is -0.835. The molecule has 0 aromatic heterocycles. The first-order valence-corrected chi connectivity index (χ1v) is 12.9. The molecule has 2 aliphatic heterocycles. The van der Waals surface area contributed by atoms with Crippen LogP contribution in [0.2, 0.25) is 5.02 Å². The summed E-state index contributed by atoms with van der Waals surface area (Å²) >= 11 is 6.03. The molecule has 190 valence electrons. The van der Waals surface area contributed by atoms with Crippen molar-refractivity contribution in [2.45, 2.75) is 50.0 Å². The number of likely N-dealkylation sites (tertiary alicyclic amines) is 1. The van der Waals surface area contributed by atoms with E-state index in [-0.39, 0.29) is 18.8 Å². The predicted octanol–water partition coefficient (Wildman–Crippen LogP) is 4.94. The monoisotopic (exact) mass is 508 g/mol. The minimum Gasteiger partial charge on any atom is -0.399 e. The lowest BCUT2D eigenvalue weighted by atomic mass is 9.84. The van der Waals surface area contributed by atoms with Crippen LogP contribution < -0.4 is 5.73 Å². The summed E-state index contributed by atoms with van der Waals surface area (Å²) < 4.78 is 12.8. The van der Waals surface area contributed by atoms with Crippen LogP contribution in [0, 0.1) is 0 Å². The molecule has 2 aliphatic rings. The SMILES string of the molecule is Nc1cccc(C2OC(CN3CCC(O)(c4ccc(Cl)cc4)CC3)CC(c3ccc(CO)cc3)O2)c1. The van der Waals surface area contributed by atoms with Gasteiger partial charge in [0, 0.05) is 42.3 Å². The Hall–Kier alpha value is -2.45. The molecule has 0 saturated carbocycles. The Bertz CT molecular complexity index is 1150. The highest BCUT2D eigenvalue weighted by Crippen LogP contribution is 2.39. The van der Waals surface area contributed by atoms with Gasteiger partial charge in [-0.1, -0.05) is 60.1 Å². The fourth-order valence-corrected chi connectivity index (χ4v) is 5.31. The summed E-state index contributed by atoms with van der Waals surface area (Å²) in [5, 5.41) is 21.3. The molecule has 3 aromatic rings. The number of nitrogens with two attached hydrogens (primary N) is 1. The van der Waals surface area contributed by atoms with Crippen molar-refractivity contribution in [3.63, 3.8) is 0 Å². The summed E-state index contributed by atoms with van der Waals surface area (Å²) in [6, 6.07) is 23.0. The molecule has 7 heteroatoms. The first-order valence-electron chi connectivity index (χ1n) is 12.5. The van der Waals surface area contributed by atoms with Crippen molar-refractivity contribution in [1.29, 1.82) is 0 Å². The number of piperidine rings is 1. The van der Waals surface area contributed by atoms with E-state index < -0.39 is 11.9 Å². The fraction of sp³-hybridized carbons (Fsp3) is 0.379. The van der Waals surface area contributed by atoms with Gasteiger partial charge in [0.1, 0.15) is 0 Å². The summed E-state index contributed by atoms with van der Waals surface area (Å²) in [7, 11) is 0. The maximum atomic E-state index is 11.3. The van der Waals surface area contributed by atoms with Crippen LogP contribution >= 0.6 is 11.6 Å². The van der Waals surface area contributed by atoms with Gasteiger partial charge in [-0.3, -0.25) is 0 Å². The Labute approximate surface area is 217 Å². The van der Waals surface area contributed by atoms with Gasteiger partial charge < -0.3 is 30.3 Å². The average molecular weight is 509 g/mol. The number of hydrogen-bond acceptors (Lipinski definition) is 6. The molecule has 4 N–H and O–H groups in total. The van der Waals surface area contributed by atoms with Gasteiger partial charge in [-0.25, -0.2) is 0 Å². The van der Waals surface area contributed by atoms with Gasteiger partial charge >= 0.3 is 0 Å². The molecule has 3 unspecified atom stereocenters.